The quantitative estimate of drug-likeness (QED) is 0.0756. The van der Waals surface area contributed by atoms with E-state index < -0.39 is 29.0 Å². The number of nitrogens with one attached hydrogen (secondary N) is 2. The zero-order valence-corrected chi connectivity index (χ0v) is 28.9. The van der Waals surface area contributed by atoms with E-state index in [-0.39, 0.29) is 43.3 Å². The molecule has 7 N–H and O–H groups in total. The van der Waals surface area contributed by atoms with Crippen LogP contribution < -0.4 is 15.8 Å². The van der Waals surface area contributed by atoms with Gasteiger partial charge in [-0.15, -0.1) is 0 Å². The van der Waals surface area contributed by atoms with Crippen molar-refractivity contribution in [2.24, 2.45) is 17.1 Å². The SMILES string of the molecule is CCCCCC(CCCCC)CC(=O)[C@H](O)C(=O)CCc1cc(OC)c(O)c([C@@H]2C3=CCNC(N)=C3C=C[C@@]2(CO)Cc2ccc[nH]2)c1. The van der Waals surface area contributed by atoms with E-state index in [4.69, 9.17) is 10.5 Å². The molecule has 0 saturated carbocycles. The Balaban J connectivity index is 1.58. The van der Waals surface area contributed by atoms with E-state index in [0.29, 0.717) is 29.9 Å². The van der Waals surface area contributed by atoms with Crippen LogP contribution in [-0.2, 0) is 22.4 Å². The lowest BCUT2D eigenvalue weighted by Gasteiger charge is -2.43. The van der Waals surface area contributed by atoms with E-state index in [2.05, 4.69) is 24.1 Å². The Hall–Kier alpha value is -3.82. The number of fused-ring (bicyclic) bond motifs is 1. The van der Waals surface area contributed by atoms with Gasteiger partial charge < -0.3 is 36.1 Å². The summed E-state index contributed by atoms with van der Waals surface area (Å²) in [5.74, 6) is -0.523. The molecular weight excluding hydrogens is 606 g/mol. The summed E-state index contributed by atoms with van der Waals surface area (Å²) in [7, 11) is 1.47. The minimum absolute atomic E-state index is 0.0421. The van der Waals surface area contributed by atoms with Gasteiger partial charge >= 0.3 is 0 Å². The molecule has 0 radical (unpaired) electrons. The number of dihydropyridines is 1. The number of aromatic amines is 1. The van der Waals surface area contributed by atoms with Gasteiger partial charge in [-0.25, -0.2) is 0 Å². The molecule has 0 amide bonds. The molecule has 0 unspecified atom stereocenters. The maximum Gasteiger partial charge on any atom is 0.170 e. The Kier molecular flexibility index (Phi) is 13.5. The molecular formula is C39H55N3O6. The predicted octanol–water partition coefficient (Wildman–Crippen LogP) is 5.90. The molecule has 262 valence electrons. The molecule has 9 heteroatoms. The number of benzene rings is 1. The largest absolute Gasteiger partial charge is 0.504 e. The summed E-state index contributed by atoms with van der Waals surface area (Å²) in [6.07, 6.45) is 15.4. The number of ether oxygens (including phenoxy) is 1. The van der Waals surface area contributed by atoms with Crippen molar-refractivity contribution in [1.82, 2.24) is 10.3 Å². The molecule has 48 heavy (non-hydrogen) atoms. The van der Waals surface area contributed by atoms with Gasteiger partial charge in [-0.05, 0) is 48.1 Å². The highest BCUT2D eigenvalue weighted by Crippen LogP contribution is 2.54. The van der Waals surface area contributed by atoms with Crippen LogP contribution in [0.2, 0.25) is 0 Å². The van der Waals surface area contributed by atoms with Gasteiger partial charge in [-0.2, -0.15) is 0 Å². The molecule has 0 bridgehead atoms. The number of hydrogen-bond acceptors (Lipinski definition) is 8. The normalized spacial score (nSPS) is 19.5. The van der Waals surface area contributed by atoms with E-state index in [1.54, 1.807) is 6.07 Å². The first kappa shape index (κ1) is 37.0. The number of Topliss-reactive ketones (excluding diaryl/α,β-unsaturated/α-hetero) is 2. The van der Waals surface area contributed by atoms with Crippen molar-refractivity contribution in [1.29, 1.82) is 0 Å². The van der Waals surface area contributed by atoms with Gasteiger partial charge in [-0.1, -0.05) is 89.5 Å². The summed E-state index contributed by atoms with van der Waals surface area (Å²) in [6, 6.07) is 7.40. The Morgan fingerprint density at radius 3 is 2.46 bits per heavy atom. The van der Waals surface area contributed by atoms with Crippen molar-refractivity contribution in [2.75, 3.05) is 20.3 Å². The van der Waals surface area contributed by atoms with Gasteiger partial charge in [0, 0.05) is 53.7 Å². The molecule has 1 aromatic heterocycles. The summed E-state index contributed by atoms with van der Waals surface area (Å²) >= 11 is 0. The number of phenolic OH excluding ortho intramolecular Hbond substituents is 1. The van der Waals surface area contributed by atoms with Gasteiger partial charge in [-0.3, -0.25) is 9.59 Å². The number of methoxy groups -OCH3 is 1. The first-order valence-electron chi connectivity index (χ1n) is 17.7. The fourth-order valence-corrected chi connectivity index (χ4v) is 7.32. The van der Waals surface area contributed by atoms with Crippen LogP contribution in [0, 0.1) is 11.3 Å². The topological polar surface area (TPSA) is 158 Å². The monoisotopic (exact) mass is 661 g/mol. The van der Waals surface area contributed by atoms with Crippen molar-refractivity contribution in [3.63, 3.8) is 0 Å². The first-order chi connectivity index (χ1) is 23.2. The predicted molar refractivity (Wildman–Crippen MR) is 189 cm³/mol. The summed E-state index contributed by atoms with van der Waals surface area (Å²) in [5, 5.41) is 36.6. The number of rotatable bonds is 20. The van der Waals surface area contributed by atoms with E-state index in [1.165, 1.54) is 7.11 Å². The number of allylic oxidation sites excluding steroid dienone is 3. The Bertz CT molecular complexity index is 1470. The van der Waals surface area contributed by atoms with Crippen LogP contribution in [0.1, 0.15) is 101 Å². The highest BCUT2D eigenvalue weighted by atomic mass is 16.5. The molecule has 4 rings (SSSR count). The van der Waals surface area contributed by atoms with Gasteiger partial charge in [0.15, 0.2) is 29.2 Å². The van der Waals surface area contributed by atoms with Crippen LogP contribution in [0.15, 0.2) is 65.7 Å². The fraction of sp³-hybridized carbons (Fsp3) is 0.538. The lowest BCUT2D eigenvalue weighted by atomic mass is 9.61. The van der Waals surface area contributed by atoms with Crippen LogP contribution >= 0.6 is 0 Å². The number of unbranched alkanes of at least 4 members (excludes halogenated alkanes) is 4. The Labute approximate surface area is 285 Å². The van der Waals surface area contributed by atoms with Crippen LogP contribution in [-0.4, -0.2) is 58.2 Å². The van der Waals surface area contributed by atoms with Crippen LogP contribution in [0.4, 0.5) is 0 Å². The van der Waals surface area contributed by atoms with E-state index in [0.717, 1.165) is 68.2 Å². The third-order valence-corrected chi connectivity index (χ3v) is 10.0. The number of phenols is 1. The molecule has 1 aliphatic heterocycles. The average molecular weight is 662 g/mol. The number of ketones is 2. The number of nitrogens with two attached hydrogens (primary N) is 1. The molecule has 2 aliphatic rings. The lowest BCUT2D eigenvalue weighted by molar-refractivity contribution is -0.139. The maximum atomic E-state index is 13.2. The number of aromatic hydroxyl groups is 1. The lowest BCUT2D eigenvalue weighted by Crippen LogP contribution is -2.40. The number of H-pyrrole nitrogens is 1. The fourth-order valence-electron chi connectivity index (χ4n) is 7.32. The van der Waals surface area contributed by atoms with Crippen LogP contribution in [0.25, 0.3) is 0 Å². The molecule has 2 aromatic rings. The van der Waals surface area contributed by atoms with Crippen molar-refractivity contribution < 1.29 is 29.6 Å². The first-order valence-corrected chi connectivity index (χ1v) is 17.7. The molecule has 3 atom stereocenters. The third kappa shape index (κ3) is 8.80. The number of hydrogen-bond donors (Lipinski definition) is 6. The number of aliphatic hydroxyl groups is 2. The number of aromatic nitrogens is 1. The summed E-state index contributed by atoms with van der Waals surface area (Å²) in [5.41, 5.74) is 9.40. The highest BCUT2D eigenvalue weighted by molar-refractivity contribution is 6.05. The van der Waals surface area contributed by atoms with E-state index >= 15 is 0 Å². The summed E-state index contributed by atoms with van der Waals surface area (Å²) < 4.78 is 5.61. The Morgan fingerprint density at radius 1 is 1.10 bits per heavy atom. The molecule has 0 spiro atoms. The zero-order chi connectivity index (χ0) is 34.7. The number of aliphatic hydroxyl groups excluding tert-OH is 2. The van der Waals surface area contributed by atoms with Crippen LogP contribution in [0.3, 0.4) is 0 Å². The van der Waals surface area contributed by atoms with E-state index in [9.17, 15) is 24.9 Å². The van der Waals surface area contributed by atoms with Gasteiger partial charge in [0.25, 0.3) is 0 Å². The number of carbonyl (C=O) groups is 2. The summed E-state index contributed by atoms with van der Waals surface area (Å²) in [6.45, 7) is 4.59. The van der Waals surface area contributed by atoms with Crippen molar-refractivity contribution in [2.45, 2.75) is 103 Å². The van der Waals surface area contributed by atoms with Gasteiger partial charge in [0.1, 0.15) is 5.82 Å². The van der Waals surface area contributed by atoms with Crippen molar-refractivity contribution >= 4 is 11.6 Å². The molecule has 2 heterocycles. The summed E-state index contributed by atoms with van der Waals surface area (Å²) in [4.78, 5) is 29.5. The minimum Gasteiger partial charge on any atom is -0.504 e. The van der Waals surface area contributed by atoms with Crippen LogP contribution in [0.5, 0.6) is 11.5 Å². The molecule has 0 fully saturated rings. The smallest absolute Gasteiger partial charge is 0.170 e. The molecule has 9 nitrogen and oxygen atoms in total. The third-order valence-electron chi connectivity index (χ3n) is 10.0. The number of aryl methyl sites for hydroxylation is 1. The second-order valence-electron chi connectivity index (χ2n) is 13.5. The van der Waals surface area contributed by atoms with Crippen molar-refractivity contribution in [3.8, 4) is 11.5 Å². The van der Waals surface area contributed by atoms with Gasteiger partial charge in [0.2, 0.25) is 0 Å². The zero-order valence-electron chi connectivity index (χ0n) is 28.9. The van der Waals surface area contributed by atoms with Gasteiger partial charge in [0.05, 0.1) is 13.7 Å². The molecule has 0 saturated heterocycles. The standard InChI is InChI=1S/C39H55N3O6/c1-4-6-8-11-26(12-9-7-5-2)22-33(45)37(47)32(44)15-14-27-21-31(36(46)34(23-27)48-3)35-29-17-20-42-38(40)30(29)16-18-39(35,25-43)24-28-13-10-19-41-28/h10,13,16-19,21,23,26,35,37,41-43,46-47H,4-9,11-12,14-15,20,22,24-25,40H2,1-3H3/t35-,37+,39-/m0/s1. The highest BCUT2D eigenvalue weighted by Gasteiger charge is 2.45. The average Bonchev–Trinajstić information content (AvgIpc) is 3.60. The van der Waals surface area contributed by atoms with Crippen molar-refractivity contribution in [3.05, 3.63) is 82.5 Å². The Morgan fingerprint density at radius 2 is 1.83 bits per heavy atom. The number of carbonyl (C=O) groups excluding carboxylic acids is 2. The molecule has 1 aliphatic carbocycles. The minimum atomic E-state index is -1.65. The molecule has 1 aromatic carbocycles. The second kappa shape index (κ2) is 17.5. The van der Waals surface area contributed by atoms with E-state index in [1.807, 2.05) is 42.6 Å². The second-order valence-corrected chi connectivity index (χ2v) is 13.5. The maximum absolute atomic E-state index is 13.2.